The van der Waals surface area contributed by atoms with Gasteiger partial charge < -0.3 is 10.6 Å². The lowest BCUT2D eigenvalue weighted by Gasteiger charge is -2.14. The molecular weight excluding hydrogens is 255 g/mol. The van der Waals surface area contributed by atoms with Crippen LogP contribution in [-0.4, -0.2) is 13.0 Å². The number of likely N-dealkylation sites (N-methyl/N-ethyl adjacent to an activating group) is 1. The van der Waals surface area contributed by atoms with E-state index < -0.39 is 0 Å². The highest BCUT2D eigenvalue weighted by Crippen LogP contribution is 2.14. The molecule has 102 valence electrons. The molecule has 0 aliphatic heterocycles. The van der Waals surface area contributed by atoms with Crippen molar-refractivity contribution in [1.82, 2.24) is 0 Å². The highest BCUT2D eigenvalue weighted by atomic mass is 19.1. The molecular formula is C16H15FN2O. The SMILES string of the molecule is CN(C(=O)/C=C/c1cccc(N)c1)c1ccc(F)cc1. The first-order valence-corrected chi connectivity index (χ1v) is 6.13. The normalized spacial score (nSPS) is 10.7. The summed E-state index contributed by atoms with van der Waals surface area (Å²) in [5.41, 5.74) is 7.80. The Kier molecular flexibility index (Phi) is 4.15. The van der Waals surface area contributed by atoms with Crippen LogP contribution in [0, 0.1) is 5.82 Å². The molecule has 2 N–H and O–H groups in total. The van der Waals surface area contributed by atoms with E-state index in [1.54, 1.807) is 37.4 Å². The van der Waals surface area contributed by atoms with E-state index in [-0.39, 0.29) is 11.7 Å². The Bertz CT molecular complexity index is 635. The summed E-state index contributed by atoms with van der Waals surface area (Å²) in [4.78, 5) is 13.4. The van der Waals surface area contributed by atoms with Gasteiger partial charge in [-0.3, -0.25) is 4.79 Å². The Morgan fingerprint density at radius 3 is 2.55 bits per heavy atom. The Hall–Kier alpha value is -2.62. The summed E-state index contributed by atoms with van der Waals surface area (Å²) in [6.45, 7) is 0. The average molecular weight is 270 g/mol. The molecule has 0 spiro atoms. The van der Waals surface area contributed by atoms with Crippen LogP contribution in [0.3, 0.4) is 0 Å². The number of halogens is 1. The van der Waals surface area contributed by atoms with Gasteiger partial charge in [0.05, 0.1) is 0 Å². The number of nitrogens with zero attached hydrogens (tertiary/aromatic N) is 1. The minimum atomic E-state index is -0.329. The van der Waals surface area contributed by atoms with Crippen LogP contribution in [0.25, 0.3) is 6.08 Å². The van der Waals surface area contributed by atoms with E-state index in [9.17, 15) is 9.18 Å². The van der Waals surface area contributed by atoms with E-state index in [2.05, 4.69) is 0 Å². The van der Waals surface area contributed by atoms with Crippen LogP contribution in [0.1, 0.15) is 5.56 Å². The predicted molar refractivity (Wildman–Crippen MR) is 79.7 cm³/mol. The highest BCUT2D eigenvalue weighted by molar-refractivity contribution is 6.03. The number of nitrogen functional groups attached to an aromatic ring is 1. The summed E-state index contributed by atoms with van der Waals surface area (Å²) in [6.07, 6.45) is 3.15. The van der Waals surface area contributed by atoms with E-state index in [0.29, 0.717) is 11.4 Å². The number of benzene rings is 2. The molecule has 0 fully saturated rings. The maximum absolute atomic E-state index is 12.8. The standard InChI is InChI=1S/C16H15FN2O/c1-19(15-8-6-13(17)7-9-15)16(20)10-5-12-3-2-4-14(18)11-12/h2-11H,18H2,1H3/b10-5+. The molecule has 4 heteroatoms. The quantitative estimate of drug-likeness (QED) is 0.688. The van der Waals surface area contributed by atoms with Crippen molar-refractivity contribution in [2.45, 2.75) is 0 Å². The number of carbonyl (C=O) groups excluding carboxylic acids is 1. The van der Waals surface area contributed by atoms with Crippen LogP contribution in [0.15, 0.2) is 54.6 Å². The van der Waals surface area contributed by atoms with Crippen molar-refractivity contribution in [3.05, 3.63) is 66.0 Å². The van der Waals surface area contributed by atoms with Crippen molar-refractivity contribution in [1.29, 1.82) is 0 Å². The molecule has 0 atom stereocenters. The topological polar surface area (TPSA) is 46.3 Å². The van der Waals surface area contributed by atoms with Gasteiger partial charge >= 0.3 is 0 Å². The minimum Gasteiger partial charge on any atom is -0.399 e. The van der Waals surface area contributed by atoms with Crippen LogP contribution < -0.4 is 10.6 Å². The van der Waals surface area contributed by atoms with Gasteiger partial charge in [-0.15, -0.1) is 0 Å². The average Bonchev–Trinajstić information content (AvgIpc) is 2.45. The molecule has 2 aromatic carbocycles. The van der Waals surface area contributed by atoms with Crippen LogP contribution >= 0.6 is 0 Å². The zero-order valence-corrected chi connectivity index (χ0v) is 11.1. The van der Waals surface area contributed by atoms with Crippen molar-refractivity contribution >= 4 is 23.4 Å². The van der Waals surface area contributed by atoms with Gasteiger partial charge in [-0.2, -0.15) is 0 Å². The van der Waals surface area contributed by atoms with Gasteiger partial charge in [0.2, 0.25) is 0 Å². The van der Waals surface area contributed by atoms with E-state index >= 15 is 0 Å². The largest absolute Gasteiger partial charge is 0.399 e. The summed E-state index contributed by atoms with van der Waals surface area (Å²) in [6, 6.07) is 13.0. The molecule has 0 saturated heterocycles. The predicted octanol–water partition coefficient (Wildman–Crippen LogP) is 3.08. The first kappa shape index (κ1) is 13.8. The number of hydrogen-bond acceptors (Lipinski definition) is 2. The lowest BCUT2D eigenvalue weighted by molar-refractivity contribution is -0.113. The van der Waals surface area contributed by atoms with Crippen LogP contribution in [0.2, 0.25) is 0 Å². The molecule has 0 radical (unpaired) electrons. The monoisotopic (exact) mass is 270 g/mol. The van der Waals surface area contributed by atoms with Gasteiger partial charge in [-0.05, 0) is 48.0 Å². The Balaban J connectivity index is 2.09. The molecule has 0 aliphatic rings. The fourth-order valence-corrected chi connectivity index (χ4v) is 1.73. The van der Waals surface area contributed by atoms with Crippen LogP contribution in [0.5, 0.6) is 0 Å². The number of nitrogens with two attached hydrogens (primary N) is 1. The highest BCUT2D eigenvalue weighted by Gasteiger charge is 2.07. The molecule has 0 saturated carbocycles. The second-order valence-electron chi connectivity index (χ2n) is 4.38. The van der Waals surface area contributed by atoms with Crippen molar-refractivity contribution in [3.8, 4) is 0 Å². The molecule has 0 bridgehead atoms. The van der Waals surface area contributed by atoms with Gasteiger partial charge in [-0.25, -0.2) is 4.39 Å². The summed E-state index contributed by atoms with van der Waals surface area (Å²) in [5, 5.41) is 0. The Labute approximate surface area is 117 Å². The zero-order chi connectivity index (χ0) is 14.5. The van der Waals surface area contributed by atoms with E-state index in [1.807, 2.05) is 12.1 Å². The third-order valence-corrected chi connectivity index (χ3v) is 2.87. The van der Waals surface area contributed by atoms with Gasteiger partial charge in [0.15, 0.2) is 0 Å². The van der Waals surface area contributed by atoms with Gasteiger partial charge in [-0.1, -0.05) is 12.1 Å². The third-order valence-electron chi connectivity index (χ3n) is 2.87. The number of rotatable bonds is 3. The van der Waals surface area contributed by atoms with E-state index in [0.717, 1.165) is 5.56 Å². The fraction of sp³-hybridized carbons (Fsp3) is 0.0625. The van der Waals surface area contributed by atoms with Crippen molar-refractivity contribution in [2.24, 2.45) is 0 Å². The third kappa shape index (κ3) is 3.45. The lowest BCUT2D eigenvalue weighted by atomic mass is 10.2. The molecule has 0 aromatic heterocycles. The van der Waals surface area contributed by atoms with E-state index in [1.165, 1.54) is 23.1 Å². The summed E-state index contributed by atoms with van der Waals surface area (Å²) in [5.74, 6) is -0.524. The van der Waals surface area contributed by atoms with Crippen molar-refractivity contribution in [2.75, 3.05) is 17.7 Å². The summed E-state index contributed by atoms with van der Waals surface area (Å²) < 4.78 is 12.8. The number of hydrogen-bond donors (Lipinski definition) is 1. The Morgan fingerprint density at radius 1 is 1.20 bits per heavy atom. The molecule has 20 heavy (non-hydrogen) atoms. The van der Waals surface area contributed by atoms with Crippen LogP contribution in [0.4, 0.5) is 15.8 Å². The first-order valence-electron chi connectivity index (χ1n) is 6.13. The molecule has 0 aliphatic carbocycles. The lowest BCUT2D eigenvalue weighted by Crippen LogP contribution is -2.23. The Morgan fingerprint density at radius 2 is 1.90 bits per heavy atom. The molecule has 0 unspecified atom stereocenters. The summed E-state index contributed by atoms with van der Waals surface area (Å²) in [7, 11) is 1.64. The maximum Gasteiger partial charge on any atom is 0.250 e. The molecule has 2 aromatic rings. The first-order chi connectivity index (χ1) is 9.56. The second-order valence-corrected chi connectivity index (χ2v) is 4.38. The smallest absolute Gasteiger partial charge is 0.250 e. The fourth-order valence-electron chi connectivity index (χ4n) is 1.73. The van der Waals surface area contributed by atoms with Crippen molar-refractivity contribution in [3.63, 3.8) is 0 Å². The number of anilines is 2. The maximum atomic E-state index is 12.8. The molecule has 2 rings (SSSR count). The molecule has 1 amide bonds. The molecule has 0 heterocycles. The minimum absolute atomic E-state index is 0.195. The number of amides is 1. The van der Waals surface area contributed by atoms with E-state index in [4.69, 9.17) is 5.73 Å². The zero-order valence-electron chi connectivity index (χ0n) is 11.1. The van der Waals surface area contributed by atoms with Crippen LogP contribution in [-0.2, 0) is 4.79 Å². The van der Waals surface area contributed by atoms with Gasteiger partial charge in [0.1, 0.15) is 5.82 Å². The van der Waals surface area contributed by atoms with Gasteiger partial charge in [0, 0.05) is 24.5 Å². The summed E-state index contributed by atoms with van der Waals surface area (Å²) >= 11 is 0. The number of carbonyl (C=O) groups is 1. The second kappa shape index (κ2) is 6.02. The molecule has 3 nitrogen and oxygen atoms in total. The van der Waals surface area contributed by atoms with Crippen molar-refractivity contribution < 1.29 is 9.18 Å². The van der Waals surface area contributed by atoms with Gasteiger partial charge in [0.25, 0.3) is 5.91 Å².